The molecule has 0 radical (unpaired) electrons. The molecule has 2 bridgehead atoms. The van der Waals surface area contributed by atoms with Crippen molar-refractivity contribution < 1.29 is 22.7 Å². The van der Waals surface area contributed by atoms with Crippen LogP contribution in [-0.4, -0.2) is 80.2 Å². The molecule has 13 nitrogen and oxygen atoms in total. The SMILES string of the molecule is CCCn1nccc1S(=O)(=O)N1C[C@@H]2NC(=O)c3ncccc3OCCn3cc(nn3)CO[C@H]2C1. The lowest BCUT2D eigenvalue weighted by molar-refractivity contribution is 0.0320. The van der Waals surface area contributed by atoms with Crippen LogP contribution in [0, 0.1) is 0 Å². The minimum atomic E-state index is -3.87. The van der Waals surface area contributed by atoms with Crippen LogP contribution in [0.2, 0.25) is 0 Å². The molecule has 0 unspecified atom stereocenters. The summed E-state index contributed by atoms with van der Waals surface area (Å²) in [7, 11) is -3.87. The van der Waals surface area contributed by atoms with Gasteiger partial charge in [0.2, 0.25) is 0 Å². The lowest BCUT2D eigenvalue weighted by Crippen LogP contribution is -2.44. The molecule has 35 heavy (non-hydrogen) atoms. The smallest absolute Gasteiger partial charge is 0.274 e. The highest BCUT2D eigenvalue weighted by Gasteiger charge is 2.42. The van der Waals surface area contributed by atoms with Gasteiger partial charge in [-0.15, -0.1) is 5.10 Å². The predicted octanol–water partition coefficient (Wildman–Crippen LogP) is 0.0603. The summed E-state index contributed by atoms with van der Waals surface area (Å²) < 4.78 is 43.2. The number of ether oxygens (including phenoxy) is 2. The molecule has 0 aliphatic carbocycles. The molecule has 2 atom stereocenters. The van der Waals surface area contributed by atoms with E-state index in [1.54, 1.807) is 23.0 Å². The van der Waals surface area contributed by atoms with Gasteiger partial charge in [0.05, 0.1) is 37.7 Å². The van der Waals surface area contributed by atoms with Gasteiger partial charge in [0.1, 0.15) is 12.3 Å². The maximum absolute atomic E-state index is 13.5. The van der Waals surface area contributed by atoms with Gasteiger partial charge in [0.25, 0.3) is 15.9 Å². The minimum Gasteiger partial charge on any atom is -0.489 e. The fourth-order valence-corrected chi connectivity index (χ4v) is 5.77. The first-order valence-electron chi connectivity index (χ1n) is 11.4. The molecule has 186 valence electrons. The molecule has 0 saturated carbocycles. The summed E-state index contributed by atoms with van der Waals surface area (Å²) in [6.45, 7) is 3.33. The molecule has 2 aliphatic rings. The molecule has 0 spiro atoms. The summed E-state index contributed by atoms with van der Waals surface area (Å²) in [5.41, 5.74) is 0.710. The Kier molecular flexibility index (Phi) is 6.49. The minimum absolute atomic E-state index is 0.0335. The van der Waals surface area contributed by atoms with Crippen molar-refractivity contribution in [2.75, 3.05) is 19.7 Å². The van der Waals surface area contributed by atoms with E-state index < -0.39 is 28.1 Å². The van der Waals surface area contributed by atoms with Gasteiger partial charge < -0.3 is 14.8 Å². The van der Waals surface area contributed by atoms with Crippen molar-refractivity contribution in [3.05, 3.63) is 48.2 Å². The van der Waals surface area contributed by atoms with E-state index >= 15 is 0 Å². The Morgan fingerprint density at radius 3 is 2.97 bits per heavy atom. The van der Waals surface area contributed by atoms with Gasteiger partial charge in [-0.25, -0.2) is 18.1 Å². The van der Waals surface area contributed by atoms with Gasteiger partial charge in [0.15, 0.2) is 16.5 Å². The number of fused-ring (bicyclic) bond motifs is 4. The molecule has 5 heterocycles. The van der Waals surface area contributed by atoms with Gasteiger partial charge in [-0.05, 0) is 24.6 Å². The quantitative estimate of drug-likeness (QED) is 0.523. The third-order valence-electron chi connectivity index (χ3n) is 5.86. The maximum Gasteiger partial charge on any atom is 0.274 e. The monoisotopic (exact) mass is 502 g/mol. The molecule has 1 fully saturated rings. The number of amides is 1. The molecule has 2 aliphatic heterocycles. The van der Waals surface area contributed by atoms with Gasteiger partial charge >= 0.3 is 0 Å². The number of carbonyl (C=O) groups excluding carboxylic acids is 1. The van der Waals surface area contributed by atoms with Crippen LogP contribution >= 0.6 is 0 Å². The topological polar surface area (TPSA) is 146 Å². The molecule has 5 rings (SSSR count). The number of aromatic nitrogens is 6. The van der Waals surface area contributed by atoms with Crippen LogP contribution in [-0.2, 0) is 34.5 Å². The fraction of sp³-hybridized carbons (Fsp3) is 0.476. The zero-order valence-electron chi connectivity index (χ0n) is 19.1. The number of pyridine rings is 1. The Hall–Kier alpha value is -3.36. The van der Waals surface area contributed by atoms with Gasteiger partial charge in [-0.1, -0.05) is 12.1 Å². The summed E-state index contributed by atoms with van der Waals surface area (Å²) >= 11 is 0. The molecule has 3 aromatic rings. The molecule has 3 aromatic heterocycles. The lowest BCUT2D eigenvalue weighted by Gasteiger charge is -2.20. The number of hydrogen-bond donors (Lipinski definition) is 1. The Morgan fingerprint density at radius 2 is 2.11 bits per heavy atom. The van der Waals surface area contributed by atoms with Crippen LogP contribution < -0.4 is 10.1 Å². The third kappa shape index (κ3) is 4.76. The van der Waals surface area contributed by atoms with Crippen LogP contribution in [0.4, 0.5) is 0 Å². The lowest BCUT2D eigenvalue weighted by atomic mass is 10.2. The summed E-state index contributed by atoms with van der Waals surface area (Å²) in [5, 5.41) is 15.3. The molecular weight excluding hydrogens is 476 g/mol. The Bertz CT molecular complexity index is 1310. The van der Waals surface area contributed by atoms with E-state index in [0.717, 1.165) is 6.42 Å². The second kappa shape index (κ2) is 9.71. The maximum atomic E-state index is 13.5. The number of carbonyl (C=O) groups is 1. The summed E-state index contributed by atoms with van der Waals surface area (Å²) in [4.78, 5) is 17.3. The first-order valence-corrected chi connectivity index (χ1v) is 12.8. The van der Waals surface area contributed by atoms with E-state index in [1.807, 2.05) is 6.92 Å². The zero-order chi connectivity index (χ0) is 24.4. The largest absolute Gasteiger partial charge is 0.489 e. The molecule has 14 heteroatoms. The van der Waals surface area contributed by atoms with Crippen LogP contribution in [0.1, 0.15) is 29.5 Å². The molecule has 1 saturated heterocycles. The average molecular weight is 503 g/mol. The highest BCUT2D eigenvalue weighted by atomic mass is 32.2. The van der Waals surface area contributed by atoms with Crippen LogP contribution in [0.15, 0.2) is 41.8 Å². The first-order chi connectivity index (χ1) is 17.0. The summed E-state index contributed by atoms with van der Waals surface area (Å²) in [5.74, 6) is -0.144. The molecular formula is C21H26N8O5S. The van der Waals surface area contributed by atoms with E-state index in [0.29, 0.717) is 24.5 Å². The zero-order valence-corrected chi connectivity index (χ0v) is 20.0. The van der Waals surface area contributed by atoms with Crippen molar-refractivity contribution in [3.8, 4) is 5.75 Å². The first kappa shape index (κ1) is 23.4. The number of nitrogens with zero attached hydrogens (tertiary/aromatic N) is 7. The average Bonchev–Trinajstić information content (AvgIpc) is 3.58. The fourth-order valence-electron chi connectivity index (χ4n) is 4.16. The highest BCUT2D eigenvalue weighted by molar-refractivity contribution is 7.89. The number of sulfonamides is 1. The van der Waals surface area contributed by atoms with Crippen molar-refractivity contribution in [1.82, 2.24) is 39.4 Å². The Morgan fingerprint density at radius 1 is 1.23 bits per heavy atom. The molecule has 0 aromatic carbocycles. The summed E-state index contributed by atoms with van der Waals surface area (Å²) in [6.07, 6.45) is 4.85. The van der Waals surface area contributed by atoms with Crippen molar-refractivity contribution in [2.45, 2.75) is 50.2 Å². The van der Waals surface area contributed by atoms with Crippen LogP contribution in [0.25, 0.3) is 0 Å². The van der Waals surface area contributed by atoms with E-state index in [4.69, 9.17) is 9.47 Å². The van der Waals surface area contributed by atoms with E-state index in [2.05, 4.69) is 25.7 Å². The number of nitrogens with one attached hydrogen (secondary N) is 1. The van der Waals surface area contributed by atoms with Crippen molar-refractivity contribution in [1.29, 1.82) is 0 Å². The van der Waals surface area contributed by atoms with Gasteiger partial charge in [-0.3, -0.25) is 9.48 Å². The molecule has 1 N–H and O–H groups in total. The second-order valence-corrected chi connectivity index (χ2v) is 10.2. The van der Waals surface area contributed by atoms with Gasteiger partial charge in [-0.2, -0.15) is 9.40 Å². The number of aryl methyl sites for hydroxylation is 1. The van der Waals surface area contributed by atoms with Crippen molar-refractivity contribution in [3.63, 3.8) is 0 Å². The van der Waals surface area contributed by atoms with E-state index in [9.17, 15) is 13.2 Å². The number of hydrogen-bond acceptors (Lipinski definition) is 9. The Labute approximate surface area is 202 Å². The van der Waals surface area contributed by atoms with Crippen molar-refractivity contribution in [2.24, 2.45) is 0 Å². The van der Waals surface area contributed by atoms with Crippen LogP contribution in [0.3, 0.4) is 0 Å². The second-order valence-electron chi connectivity index (χ2n) is 8.32. The third-order valence-corrected chi connectivity index (χ3v) is 7.71. The summed E-state index contributed by atoms with van der Waals surface area (Å²) in [6, 6.07) is 4.21. The highest BCUT2D eigenvalue weighted by Crippen LogP contribution is 2.25. The normalized spacial score (nSPS) is 21.5. The van der Waals surface area contributed by atoms with E-state index in [1.165, 1.54) is 27.4 Å². The standard InChI is InChI=1S/C21H26N8O5S/c1-2-8-29-19(5-7-23-29)35(31,32)28-12-16-18(13-28)34-14-15-11-27(26-25-15)9-10-33-17-4-3-6-22-20(17)21(30)24-16/h3-7,11,16,18H,2,8-10,12-14H2,1H3,(H,24,30)/t16-,18-/m0/s1. The van der Waals surface area contributed by atoms with Crippen molar-refractivity contribution >= 4 is 15.9 Å². The van der Waals surface area contributed by atoms with Gasteiger partial charge in [0, 0.05) is 25.8 Å². The predicted molar refractivity (Wildman–Crippen MR) is 121 cm³/mol. The van der Waals surface area contributed by atoms with E-state index in [-0.39, 0.29) is 37.0 Å². The van der Waals surface area contributed by atoms with Crippen LogP contribution in [0.5, 0.6) is 5.75 Å². The number of rotatable bonds is 4. The molecule has 1 amide bonds. The Balaban J connectivity index is 1.44.